The lowest BCUT2D eigenvalue weighted by molar-refractivity contribution is 0.525. The van der Waals surface area contributed by atoms with Gasteiger partial charge in [0, 0.05) is 51.0 Å². The highest BCUT2D eigenvalue weighted by Crippen LogP contribution is 2.23. The van der Waals surface area contributed by atoms with Gasteiger partial charge in [-0.3, -0.25) is 0 Å². The Morgan fingerprint density at radius 2 is 2.05 bits per heavy atom. The van der Waals surface area contributed by atoms with E-state index in [4.69, 9.17) is 0 Å². The second-order valence-corrected chi connectivity index (χ2v) is 6.23. The molecule has 2 aromatic heterocycles. The topological polar surface area (TPSA) is 57.2 Å². The average Bonchev–Trinajstić information content (AvgIpc) is 3.02. The molecule has 0 aromatic carbocycles. The van der Waals surface area contributed by atoms with Crippen molar-refractivity contribution in [2.45, 2.75) is 18.9 Å². The van der Waals surface area contributed by atoms with E-state index in [1.807, 2.05) is 36.6 Å². The van der Waals surface area contributed by atoms with E-state index in [0.29, 0.717) is 6.04 Å². The van der Waals surface area contributed by atoms with Crippen LogP contribution in [0, 0.1) is 0 Å². The van der Waals surface area contributed by atoms with Gasteiger partial charge in [-0.05, 0) is 18.9 Å². The molecule has 1 aliphatic heterocycles. The van der Waals surface area contributed by atoms with Crippen molar-refractivity contribution in [1.82, 2.24) is 15.0 Å². The molecular formula is C14H20N6S. The summed E-state index contributed by atoms with van der Waals surface area (Å²) in [7, 11) is 3.90. The van der Waals surface area contributed by atoms with Gasteiger partial charge in [0.05, 0.1) is 0 Å². The summed E-state index contributed by atoms with van der Waals surface area (Å²) in [6, 6.07) is 2.39. The van der Waals surface area contributed by atoms with E-state index in [0.717, 1.165) is 42.8 Å². The quantitative estimate of drug-likeness (QED) is 0.933. The third-order valence-electron chi connectivity index (χ3n) is 3.58. The lowest BCUT2D eigenvalue weighted by Gasteiger charge is -2.32. The van der Waals surface area contributed by atoms with E-state index < -0.39 is 0 Å². The first-order chi connectivity index (χ1) is 10.2. The molecule has 0 spiro atoms. The maximum atomic E-state index is 4.52. The Kier molecular flexibility index (Phi) is 4.19. The zero-order chi connectivity index (χ0) is 14.7. The van der Waals surface area contributed by atoms with E-state index >= 15 is 0 Å². The molecule has 0 saturated carbocycles. The van der Waals surface area contributed by atoms with Crippen molar-refractivity contribution >= 4 is 28.2 Å². The summed E-state index contributed by atoms with van der Waals surface area (Å²) in [6.45, 7) is 2.08. The van der Waals surface area contributed by atoms with Gasteiger partial charge in [0.2, 0.25) is 5.95 Å². The van der Waals surface area contributed by atoms with E-state index in [-0.39, 0.29) is 0 Å². The Hall–Kier alpha value is -1.89. The predicted octanol–water partition coefficient (Wildman–Crippen LogP) is 2.08. The average molecular weight is 304 g/mol. The van der Waals surface area contributed by atoms with Gasteiger partial charge in [0.25, 0.3) is 0 Å². The molecule has 0 unspecified atom stereocenters. The summed E-state index contributed by atoms with van der Waals surface area (Å²) < 4.78 is 0. The molecule has 0 aliphatic carbocycles. The summed E-state index contributed by atoms with van der Waals surface area (Å²) in [5.74, 6) is 1.64. The van der Waals surface area contributed by atoms with Crippen molar-refractivity contribution in [3.63, 3.8) is 0 Å². The Morgan fingerprint density at radius 1 is 1.24 bits per heavy atom. The van der Waals surface area contributed by atoms with Crippen molar-refractivity contribution in [1.29, 1.82) is 0 Å². The highest BCUT2D eigenvalue weighted by Gasteiger charge is 2.20. The minimum atomic E-state index is 0.464. The van der Waals surface area contributed by atoms with Crippen molar-refractivity contribution in [3.05, 3.63) is 23.8 Å². The maximum absolute atomic E-state index is 4.52. The largest absolute Gasteiger partial charge is 0.367 e. The number of rotatable bonds is 4. The van der Waals surface area contributed by atoms with Crippen molar-refractivity contribution in [2.75, 3.05) is 42.3 Å². The van der Waals surface area contributed by atoms with Crippen LogP contribution in [0.1, 0.15) is 12.8 Å². The lowest BCUT2D eigenvalue weighted by Crippen LogP contribution is -2.39. The molecule has 0 bridgehead atoms. The molecule has 1 saturated heterocycles. The Labute approximate surface area is 128 Å². The van der Waals surface area contributed by atoms with Crippen molar-refractivity contribution in [2.24, 2.45) is 0 Å². The Bertz CT molecular complexity index is 563. The van der Waals surface area contributed by atoms with E-state index in [2.05, 4.69) is 25.2 Å². The molecular weight excluding hydrogens is 284 g/mol. The van der Waals surface area contributed by atoms with E-state index in [9.17, 15) is 0 Å². The molecule has 1 fully saturated rings. The predicted molar refractivity (Wildman–Crippen MR) is 87.3 cm³/mol. The molecule has 112 valence electrons. The van der Waals surface area contributed by atoms with Crippen LogP contribution in [-0.2, 0) is 0 Å². The molecule has 0 amide bonds. The normalized spacial score (nSPS) is 16.0. The van der Waals surface area contributed by atoms with E-state index in [1.54, 1.807) is 17.5 Å². The standard InChI is InChI=1S/C14H20N6S/c1-19(2)13-15-6-3-12(18-13)17-11-4-8-20(9-5-11)14-16-7-10-21-14/h3,6-7,10-11H,4-5,8-9H2,1-2H3,(H,15,17,18). The van der Waals surface area contributed by atoms with Crippen LogP contribution in [0.5, 0.6) is 0 Å². The zero-order valence-electron chi connectivity index (χ0n) is 12.4. The van der Waals surface area contributed by atoms with Crippen molar-refractivity contribution in [3.8, 4) is 0 Å². The molecule has 1 N–H and O–H groups in total. The third kappa shape index (κ3) is 3.41. The van der Waals surface area contributed by atoms with Gasteiger partial charge in [-0.25, -0.2) is 9.97 Å². The van der Waals surface area contributed by atoms with Gasteiger partial charge in [0.15, 0.2) is 5.13 Å². The van der Waals surface area contributed by atoms with Gasteiger partial charge < -0.3 is 15.1 Å². The second-order valence-electron chi connectivity index (χ2n) is 5.36. The number of nitrogens with one attached hydrogen (secondary N) is 1. The molecule has 3 heterocycles. The summed E-state index contributed by atoms with van der Waals surface area (Å²) in [4.78, 5) is 17.4. The summed E-state index contributed by atoms with van der Waals surface area (Å²) in [5.41, 5.74) is 0. The minimum absolute atomic E-state index is 0.464. The number of hydrogen-bond donors (Lipinski definition) is 1. The smallest absolute Gasteiger partial charge is 0.226 e. The number of piperidine rings is 1. The molecule has 1 aliphatic rings. The van der Waals surface area contributed by atoms with Crippen LogP contribution in [-0.4, -0.2) is 48.2 Å². The highest BCUT2D eigenvalue weighted by atomic mass is 32.1. The second kappa shape index (κ2) is 6.26. The molecule has 7 heteroatoms. The molecule has 2 aromatic rings. The third-order valence-corrected chi connectivity index (χ3v) is 4.41. The molecule has 3 rings (SSSR count). The summed E-state index contributed by atoms with van der Waals surface area (Å²) in [6.07, 6.45) is 5.87. The van der Waals surface area contributed by atoms with Crippen LogP contribution in [0.15, 0.2) is 23.8 Å². The number of anilines is 3. The number of aromatic nitrogens is 3. The fourth-order valence-corrected chi connectivity index (χ4v) is 3.14. The highest BCUT2D eigenvalue weighted by molar-refractivity contribution is 7.13. The van der Waals surface area contributed by atoms with Crippen LogP contribution in [0.4, 0.5) is 16.9 Å². The van der Waals surface area contributed by atoms with Crippen LogP contribution >= 0.6 is 11.3 Å². The monoisotopic (exact) mass is 304 g/mol. The van der Waals surface area contributed by atoms with Crippen LogP contribution in [0.25, 0.3) is 0 Å². The van der Waals surface area contributed by atoms with Crippen LogP contribution < -0.4 is 15.1 Å². The SMILES string of the molecule is CN(C)c1nccc(NC2CCN(c3nccs3)CC2)n1. The fourth-order valence-electron chi connectivity index (χ4n) is 2.44. The first-order valence-corrected chi connectivity index (χ1v) is 8.01. The lowest BCUT2D eigenvalue weighted by atomic mass is 10.1. The van der Waals surface area contributed by atoms with Gasteiger partial charge >= 0.3 is 0 Å². The molecule has 0 atom stereocenters. The Balaban J connectivity index is 1.57. The zero-order valence-corrected chi connectivity index (χ0v) is 13.2. The fraction of sp³-hybridized carbons (Fsp3) is 0.500. The maximum Gasteiger partial charge on any atom is 0.226 e. The van der Waals surface area contributed by atoms with Gasteiger partial charge in [0.1, 0.15) is 5.82 Å². The van der Waals surface area contributed by atoms with E-state index in [1.165, 1.54) is 0 Å². The summed E-state index contributed by atoms with van der Waals surface area (Å²) >= 11 is 1.71. The van der Waals surface area contributed by atoms with Gasteiger partial charge in [-0.2, -0.15) is 4.98 Å². The number of nitrogens with zero attached hydrogens (tertiary/aromatic N) is 5. The first-order valence-electron chi connectivity index (χ1n) is 7.14. The number of hydrogen-bond acceptors (Lipinski definition) is 7. The van der Waals surface area contributed by atoms with Gasteiger partial charge in [-0.1, -0.05) is 0 Å². The Morgan fingerprint density at radius 3 is 2.71 bits per heavy atom. The van der Waals surface area contributed by atoms with Crippen molar-refractivity contribution < 1.29 is 0 Å². The van der Waals surface area contributed by atoms with Crippen LogP contribution in [0.3, 0.4) is 0 Å². The van der Waals surface area contributed by atoms with Crippen LogP contribution in [0.2, 0.25) is 0 Å². The molecule has 21 heavy (non-hydrogen) atoms. The summed E-state index contributed by atoms with van der Waals surface area (Å²) in [5, 5.41) is 6.68. The minimum Gasteiger partial charge on any atom is -0.367 e. The molecule has 0 radical (unpaired) electrons. The number of thiazole rings is 1. The molecule has 6 nitrogen and oxygen atoms in total. The first kappa shape index (κ1) is 14.1. The van der Waals surface area contributed by atoms with Gasteiger partial charge in [-0.15, -0.1) is 11.3 Å².